The fraction of sp³-hybridized carbons (Fsp3) is 0.562. The Balaban J connectivity index is 1.78. The average molecular weight is 277 g/mol. The predicted octanol–water partition coefficient (Wildman–Crippen LogP) is 2.40. The summed E-state index contributed by atoms with van der Waals surface area (Å²) in [6.45, 7) is 6.04. The van der Waals surface area contributed by atoms with Crippen LogP contribution in [0.2, 0.25) is 0 Å². The third-order valence-corrected chi connectivity index (χ3v) is 3.43. The van der Waals surface area contributed by atoms with Crippen LogP contribution in [0.4, 0.5) is 0 Å². The molecule has 110 valence electrons. The summed E-state index contributed by atoms with van der Waals surface area (Å²) in [5, 5.41) is 0. The van der Waals surface area contributed by atoms with E-state index in [1.165, 1.54) is 12.8 Å². The fourth-order valence-electron chi connectivity index (χ4n) is 2.19. The van der Waals surface area contributed by atoms with Gasteiger partial charge in [-0.3, -0.25) is 9.69 Å². The number of hydrogen-bond donors (Lipinski definition) is 0. The highest BCUT2D eigenvalue weighted by molar-refractivity contribution is 5.71. The molecule has 1 aliphatic rings. The van der Waals surface area contributed by atoms with Crippen molar-refractivity contribution in [2.24, 2.45) is 0 Å². The second-order valence-electron chi connectivity index (χ2n) is 5.12. The van der Waals surface area contributed by atoms with Gasteiger partial charge in [0, 0.05) is 12.6 Å². The van der Waals surface area contributed by atoms with E-state index in [9.17, 15) is 4.79 Å². The van der Waals surface area contributed by atoms with E-state index in [4.69, 9.17) is 9.47 Å². The van der Waals surface area contributed by atoms with Crippen LogP contribution < -0.4 is 4.74 Å². The van der Waals surface area contributed by atoms with Crippen molar-refractivity contribution in [1.29, 1.82) is 0 Å². The summed E-state index contributed by atoms with van der Waals surface area (Å²) in [6.07, 6.45) is 2.34. The van der Waals surface area contributed by atoms with Crippen molar-refractivity contribution in [3.05, 3.63) is 29.8 Å². The zero-order chi connectivity index (χ0) is 14.4. The van der Waals surface area contributed by atoms with Crippen molar-refractivity contribution in [1.82, 2.24) is 4.90 Å². The molecule has 20 heavy (non-hydrogen) atoms. The molecule has 0 heterocycles. The van der Waals surface area contributed by atoms with Crippen LogP contribution in [-0.2, 0) is 9.53 Å². The largest absolute Gasteiger partial charge is 0.492 e. The quantitative estimate of drug-likeness (QED) is 0.684. The molecule has 2 rings (SSSR count). The van der Waals surface area contributed by atoms with Gasteiger partial charge in [0.25, 0.3) is 0 Å². The first-order valence-electron chi connectivity index (χ1n) is 7.28. The van der Waals surface area contributed by atoms with Crippen LogP contribution in [0.25, 0.3) is 0 Å². The molecule has 1 aromatic carbocycles. The number of esters is 1. The third-order valence-electron chi connectivity index (χ3n) is 3.43. The molecule has 0 N–H and O–H groups in total. The minimum Gasteiger partial charge on any atom is -0.492 e. The Labute approximate surface area is 120 Å². The summed E-state index contributed by atoms with van der Waals surface area (Å²) < 4.78 is 10.8. The van der Waals surface area contributed by atoms with E-state index in [1.54, 1.807) is 0 Å². The summed E-state index contributed by atoms with van der Waals surface area (Å²) in [5.74, 6) is 0.773. The van der Waals surface area contributed by atoms with Crippen LogP contribution >= 0.6 is 0 Å². The van der Waals surface area contributed by atoms with Crippen LogP contribution in [0.5, 0.6) is 5.75 Å². The van der Waals surface area contributed by atoms with E-state index in [2.05, 4.69) is 4.90 Å². The zero-order valence-corrected chi connectivity index (χ0v) is 12.3. The monoisotopic (exact) mass is 277 g/mol. The lowest BCUT2D eigenvalue weighted by Crippen LogP contribution is -2.36. The van der Waals surface area contributed by atoms with Crippen molar-refractivity contribution in [3.63, 3.8) is 0 Å². The van der Waals surface area contributed by atoms with Gasteiger partial charge in [0.1, 0.15) is 12.4 Å². The van der Waals surface area contributed by atoms with Gasteiger partial charge in [-0.1, -0.05) is 18.2 Å². The number of ether oxygens (including phenoxy) is 2. The molecular weight excluding hydrogens is 254 g/mol. The Morgan fingerprint density at radius 1 is 1.35 bits per heavy atom. The molecule has 0 amide bonds. The van der Waals surface area contributed by atoms with Gasteiger partial charge in [-0.05, 0) is 38.3 Å². The van der Waals surface area contributed by atoms with Gasteiger partial charge in [-0.15, -0.1) is 0 Å². The van der Waals surface area contributed by atoms with E-state index in [0.717, 1.165) is 17.9 Å². The molecule has 0 aliphatic heterocycles. The van der Waals surface area contributed by atoms with Crippen LogP contribution in [0.15, 0.2) is 24.3 Å². The Morgan fingerprint density at radius 2 is 2.10 bits per heavy atom. The summed E-state index contributed by atoms with van der Waals surface area (Å²) in [7, 11) is 0. The highest BCUT2D eigenvalue weighted by Crippen LogP contribution is 2.26. The summed E-state index contributed by atoms with van der Waals surface area (Å²) >= 11 is 0. The maximum atomic E-state index is 11.6. The molecule has 0 saturated heterocycles. The molecule has 0 aromatic heterocycles. The van der Waals surface area contributed by atoms with Gasteiger partial charge in [-0.2, -0.15) is 0 Å². The maximum Gasteiger partial charge on any atom is 0.320 e. The standard InChI is InChI=1S/C16H23NO3/c1-3-19-16(18)12-17(14-8-9-14)10-11-20-15-7-5-4-6-13(15)2/h4-7,14H,3,8-12H2,1-2H3. The molecule has 4 nitrogen and oxygen atoms in total. The minimum absolute atomic E-state index is 0.143. The van der Waals surface area contributed by atoms with Crippen LogP contribution in [0, 0.1) is 6.92 Å². The van der Waals surface area contributed by atoms with E-state index < -0.39 is 0 Å². The molecule has 1 saturated carbocycles. The Kier molecular flexibility index (Phi) is 5.41. The number of benzene rings is 1. The lowest BCUT2D eigenvalue weighted by molar-refractivity contribution is -0.144. The van der Waals surface area contributed by atoms with Crippen molar-refractivity contribution >= 4 is 5.97 Å². The molecule has 1 aliphatic carbocycles. The molecule has 0 radical (unpaired) electrons. The molecule has 1 fully saturated rings. The normalized spacial score (nSPS) is 14.3. The fourth-order valence-corrected chi connectivity index (χ4v) is 2.19. The molecular formula is C16H23NO3. The van der Waals surface area contributed by atoms with Gasteiger partial charge in [0.05, 0.1) is 13.2 Å². The predicted molar refractivity (Wildman–Crippen MR) is 77.9 cm³/mol. The van der Waals surface area contributed by atoms with E-state index >= 15 is 0 Å². The van der Waals surface area contributed by atoms with Gasteiger partial charge in [0.15, 0.2) is 0 Å². The minimum atomic E-state index is -0.143. The maximum absolute atomic E-state index is 11.6. The highest BCUT2D eigenvalue weighted by atomic mass is 16.5. The van der Waals surface area contributed by atoms with Gasteiger partial charge in [0.2, 0.25) is 0 Å². The molecule has 1 aromatic rings. The van der Waals surface area contributed by atoms with Crippen LogP contribution in [-0.4, -0.2) is 43.2 Å². The number of nitrogens with zero attached hydrogens (tertiary/aromatic N) is 1. The SMILES string of the molecule is CCOC(=O)CN(CCOc1ccccc1C)C1CC1. The van der Waals surface area contributed by atoms with Crippen LogP contribution in [0.1, 0.15) is 25.3 Å². The van der Waals surface area contributed by atoms with Gasteiger partial charge in [-0.25, -0.2) is 0 Å². The number of rotatable bonds is 8. The zero-order valence-electron chi connectivity index (χ0n) is 12.3. The molecule has 4 heteroatoms. The number of carbonyl (C=O) groups excluding carboxylic acids is 1. The lowest BCUT2D eigenvalue weighted by Gasteiger charge is -2.21. The van der Waals surface area contributed by atoms with Crippen molar-refractivity contribution in [2.75, 3.05) is 26.3 Å². The highest BCUT2D eigenvalue weighted by Gasteiger charge is 2.30. The van der Waals surface area contributed by atoms with Gasteiger partial charge < -0.3 is 9.47 Å². The average Bonchev–Trinajstić information content (AvgIpc) is 3.24. The number of aryl methyl sites for hydroxylation is 1. The first-order chi connectivity index (χ1) is 9.70. The van der Waals surface area contributed by atoms with Crippen molar-refractivity contribution < 1.29 is 14.3 Å². The lowest BCUT2D eigenvalue weighted by atomic mass is 10.2. The Hall–Kier alpha value is -1.55. The molecule has 0 unspecified atom stereocenters. The topological polar surface area (TPSA) is 38.8 Å². The molecule has 0 atom stereocenters. The first kappa shape index (κ1) is 14.9. The van der Waals surface area contributed by atoms with Crippen LogP contribution in [0.3, 0.4) is 0 Å². The second kappa shape index (κ2) is 7.29. The smallest absolute Gasteiger partial charge is 0.320 e. The van der Waals surface area contributed by atoms with Crippen molar-refractivity contribution in [2.45, 2.75) is 32.7 Å². The Morgan fingerprint density at radius 3 is 2.75 bits per heavy atom. The second-order valence-corrected chi connectivity index (χ2v) is 5.12. The summed E-state index contributed by atoms with van der Waals surface area (Å²) in [6, 6.07) is 8.51. The summed E-state index contributed by atoms with van der Waals surface area (Å²) in [4.78, 5) is 13.7. The van der Waals surface area contributed by atoms with E-state index in [0.29, 0.717) is 25.8 Å². The third kappa shape index (κ3) is 4.53. The van der Waals surface area contributed by atoms with Crippen molar-refractivity contribution in [3.8, 4) is 5.75 Å². The number of hydrogen-bond acceptors (Lipinski definition) is 4. The number of para-hydroxylation sites is 1. The summed E-state index contributed by atoms with van der Waals surface area (Å²) in [5.41, 5.74) is 1.14. The number of carbonyl (C=O) groups is 1. The van der Waals surface area contributed by atoms with Gasteiger partial charge >= 0.3 is 5.97 Å². The molecule has 0 spiro atoms. The van der Waals surface area contributed by atoms with E-state index in [-0.39, 0.29) is 5.97 Å². The first-order valence-corrected chi connectivity index (χ1v) is 7.28. The Bertz CT molecular complexity index is 443. The molecule has 0 bridgehead atoms. The van der Waals surface area contributed by atoms with E-state index in [1.807, 2.05) is 38.1 Å².